The molecule has 0 aliphatic rings. The Labute approximate surface area is 266 Å². The van der Waals surface area contributed by atoms with E-state index in [1.54, 1.807) is 0 Å². The second kappa shape index (κ2) is 36.3. The lowest BCUT2D eigenvalue weighted by Gasteiger charge is -2.15. The van der Waals surface area contributed by atoms with Gasteiger partial charge in [-0.2, -0.15) is 0 Å². The first-order chi connectivity index (χ1) is 21.2. The third-order valence-electron chi connectivity index (χ3n) is 7.33. The zero-order valence-electron chi connectivity index (χ0n) is 28.2. The van der Waals surface area contributed by atoms with Gasteiger partial charge in [-0.25, -0.2) is 0 Å². The van der Waals surface area contributed by atoms with Crippen LogP contribution in [0, 0.1) is 0 Å². The van der Waals surface area contributed by atoms with Crippen LogP contribution in [0.1, 0.15) is 155 Å². The monoisotopic (exact) mass is 601 g/mol. The van der Waals surface area contributed by atoms with E-state index in [0.717, 1.165) is 64.2 Å². The van der Waals surface area contributed by atoms with Gasteiger partial charge in [0.2, 0.25) is 0 Å². The molecule has 43 heavy (non-hydrogen) atoms. The van der Waals surface area contributed by atoms with Crippen molar-refractivity contribution < 1.29 is 19.4 Å². The van der Waals surface area contributed by atoms with Gasteiger partial charge < -0.3 is 14.6 Å². The summed E-state index contributed by atoms with van der Waals surface area (Å²) in [5.74, 6) is -0.223. The topological polar surface area (TPSA) is 55.8 Å². The molecule has 0 radical (unpaired) electrons. The highest BCUT2D eigenvalue weighted by Gasteiger charge is 2.13. The number of carbonyl (C=O) groups excluding carboxylic acids is 1. The summed E-state index contributed by atoms with van der Waals surface area (Å²) in [5, 5.41) is 9.55. The Morgan fingerprint density at radius 1 is 0.581 bits per heavy atom. The summed E-state index contributed by atoms with van der Waals surface area (Å²) in [7, 11) is 0. The van der Waals surface area contributed by atoms with Crippen LogP contribution < -0.4 is 0 Å². The molecule has 0 saturated heterocycles. The highest BCUT2D eigenvalue weighted by Crippen LogP contribution is 2.11. The molecule has 0 aliphatic carbocycles. The fourth-order valence-electron chi connectivity index (χ4n) is 4.66. The SMILES string of the molecule is CC/C=C\C/C=C\C/C=C\CCCCCCCCOCC(CO)OC(=O)CCCCCCC/C=C\C/C=C\CCCCC. The Morgan fingerprint density at radius 2 is 1.05 bits per heavy atom. The highest BCUT2D eigenvalue weighted by molar-refractivity contribution is 5.69. The van der Waals surface area contributed by atoms with E-state index >= 15 is 0 Å². The molecule has 0 aliphatic heterocycles. The third kappa shape index (κ3) is 34.4. The number of hydrogen-bond acceptors (Lipinski definition) is 4. The van der Waals surface area contributed by atoms with Crippen LogP contribution in [-0.4, -0.2) is 37.0 Å². The normalized spacial score (nSPS) is 13.1. The van der Waals surface area contributed by atoms with Crippen LogP contribution in [0.4, 0.5) is 0 Å². The molecule has 0 bridgehead atoms. The van der Waals surface area contributed by atoms with E-state index in [1.807, 2.05) is 0 Å². The zero-order chi connectivity index (χ0) is 31.3. The molecule has 0 amide bonds. The predicted molar refractivity (Wildman–Crippen MR) is 186 cm³/mol. The molecule has 0 aromatic heterocycles. The fraction of sp³-hybridized carbons (Fsp3) is 0.718. The summed E-state index contributed by atoms with van der Waals surface area (Å²) in [6.45, 7) is 5.15. The lowest BCUT2D eigenvalue weighted by atomic mass is 10.1. The van der Waals surface area contributed by atoms with E-state index in [4.69, 9.17) is 9.47 Å². The summed E-state index contributed by atoms with van der Waals surface area (Å²) in [5.41, 5.74) is 0. The van der Waals surface area contributed by atoms with Crippen LogP contribution in [0.5, 0.6) is 0 Å². The van der Waals surface area contributed by atoms with Crippen molar-refractivity contribution in [2.75, 3.05) is 19.8 Å². The maximum absolute atomic E-state index is 12.1. The molecular weight excluding hydrogens is 532 g/mol. The minimum Gasteiger partial charge on any atom is -0.457 e. The van der Waals surface area contributed by atoms with Gasteiger partial charge in [0.1, 0.15) is 6.10 Å². The molecule has 248 valence electrons. The largest absolute Gasteiger partial charge is 0.457 e. The smallest absolute Gasteiger partial charge is 0.306 e. The van der Waals surface area contributed by atoms with Gasteiger partial charge in [-0.1, -0.05) is 132 Å². The van der Waals surface area contributed by atoms with E-state index in [1.165, 1.54) is 70.6 Å². The molecular formula is C39H68O4. The van der Waals surface area contributed by atoms with Crippen molar-refractivity contribution in [2.45, 2.75) is 161 Å². The van der Waals surface area contributed by atoms with Gasteiger partial charge in [0, 0.05) is 13.0 Å². The average Bonchev–Trinajstić information content (AvgIpc) is 3.01. The van der Waals surface area contributed by atoms with Gasteiger partial charge >= 0.3 is 5.97 Å². The lowest BCUT2D eigenvalue weighted by molar-refractivity contribution is -0.154. The average molecular weight is 601 g/mol. The second-order valence-electron chi connectivity index (χ2n) is 11.6. The summed E-state index contributed by atoms with van der Waals surface area (Å²) < 4.78 is 11.1. The number of hydrogen-bond donors (Lipinski definition) is 1. The van der Waals surface area contributed by atoms with Gasteiger partial charge in [-0.15, -0.1) is 0 Å². The molecule has 0 aromatic rings. The minimum atomic E-state index is -0.549. The van der Waals surface area contributed by atoms with Crippen molar-refractivity contribution in [3.63, 3.8) is 0 Å². The Balaban J connectivity index is 3.52. The molecule has 1 N–H and O–H groups in total. The van der Waals surface area contributed by atoms with E-state index in [0.29, 0.717) is 13.0 Å². The van der Waals surface area contributed by atoms with Crippen molar-refractivity contribution in [3.8, 4) is 0 Å². The number of aliphatic hydroxyl groups is 1. The molecule has 4 nitrogen and oxygen atoms in total. The number of rotatable bonds is 32. The highest BCUT2D eigenvalue weighted by atomic mass is 16.6. The Kier molecular flexibility index (Phi) is 34.7. The Hall–Kier alpha value is -1.91. The molecule has 4 heteroatoms. The maximum atomic E-state index is 12.1. The van der Waals surface area contributed by atoms with Crippen molar-refractivity contribution in [1.29, 1.82) is 0 Å². The summed E-state index contributed by atoms with van der Waals surface area (Å²) >= 11 is 0. The van der Waals surface area contributed by atoms with Gasteiger partial charge in [0.05, 0.1) is 13.2 Å². The molecule has 0 aromatic carbocycles. The van der Waals surface area contributed by atoms with Crippen LogP contribution in [-0.2, 0) is 14.3 Å². The molecule has 0 heterocycles. The Morgan fingerprint density at radius 3 is 1.58 bits per heavy atom. The van der Waals surface area contributed by atoms with Gasteiger partial charge in [0.25, 0.3) is 0 Å². The van der Waals surface area contributed by atoms with Gasteiger partial charge in [-0.3, -0.25) is 4.79 Å². The molecule has 0 spiro atoms. The second-order valence-corrected chi connectivity index (χ2v) is 11.6. The lowest BCUT2D eigenvalue weighted by Crippen LogP contribution is -2.27. The Bertz CT molecular complexity index is 719. The van der Waals surface area contributed by atoms with Crippen LogP contribution >= 0.6 is 0 Å². The zero-order valence-corrected chi connectivity index (χ0v) is 28.2. The number of ether oxygens (including phenoxy) is 2. The fourth-order valence-corrected chi connectivity index (χ4v) is 4.66. The first-order valence-electron chi connectivity index (χ1n) is 17.9. The number of unbranched alkanes of at least 4 members (excludes halogenated alkanes) is 14. The van der Waals surface area contributed by atoms with Crippen LogP contribution in [0.2, 0.25) is 0 Å². The van der Waals surface area contributed by atoms with Crippen molar-refractivity contribution in [2.24, 2.45) is 0 Å². The van der Waals surface area contributed by atoms with Gasteiger partial charge in [-0.05, 0) is 77.0 Å². The first kappa shape index (κ1) is 41.1. The molecule has 0 saturated carbocycles. The first-order valence-corrected chi connectivity index (χ1v) is 17.9. The maximum Gasteiger partial charge on any atom is 0.306 e. The number of aliphatic hydroxyl groups excluding tert-OH is 1. The van der Waals surface area contributed by atoms with Gasteiger partial charge in [0.15, 0.2) is 0 Å². The summed E-state index contributed by atoms with van der Waals surface area (Å²) in [4.78, 5) is 12.1. The molecule has 1 atom stereocenters. The van der Waals surface area contributed by atoms with Crippen molar-refractivity contribution >= 4 is 5.97 Å². The minimum absolute atomic E-state index is 0.186. The van der Waals surface area contributed by atoms with E-state index in [2.05, 4.69) is 74.6 Å². The molecule has 0 rings (SSSR count). The van der Waals surface area contributed by atoms with E-state index < -0.39 is 6.10 Å². The summed E-state index contributed by atoms with van der Waals surface area (Å²) in [6, 6.07) is 0. The van der Waals surface area contributed by atoms with E-state index in [9.17, 15) is 9.90 Å². The molecule has 0 fully saturated rings. The van der Waals surface area contributed by atoms with Crippen LogP contribution in [0.25, 0.3) is 0 Å². The predicted octanol–water partition coefficient (Wildman–Crippen LogP) is 11.3. The number of esters is 1. The van der Waals surface area contributed by atoms with Crippen molar-refractivity contribution in [3.05, 3.63) is 60.8 Å². The quantitative estimate of drug-likeness (QED) is 0.0474. The van der Waals surface area contributed by atoms with Crippen LogP contribution in [0.3, 0.4) is 0 Å². The summed E-state index contributed by atoms with van der Waals surface area (Å²) in [6.07, 6.45) is 46.8. The number of allylic oxidation sites excluding steroid dienone is 10. The molecule has 1 unspecified atom stereocenters. The standard InChI is InChI=1S/C39H68O4/c1-3-5-7-9-11-13-15-17-19-21-23-25-27-29-31-33-35-42-37-38(36-40)43-39(41)34-32-30-28-26-24-22-20-18-16-14-12-10-8-6-4-2/h5,7,11-14,17-20,38,40H,3-4,6,8-10,15-16,21-37H2,1-2H3/b7-5-,13-11-,14-12-,19-17-,20-18-. The van der Waals surface area contributed by atoms with Crippen molar-refractivity contribution in [1.82, 2.24) is 0 Å². The number of carbonyl (C=O) groups is 1. The van der Waals surface area contributed by atoms with E-state index in [-0.39, 0.29) is 19.2 Å². The third-order valence-corrected chi connectivity index (χ3v) is 7.33. The van der Waals surface area contributed by atoms with Crippen LogP contribution in [0.15, 0.2) is 60.8 Å².